The number of rotatable bonds is 10. The van der Waals surface area contributed by atoms with Crippen molar-refractivity contribution in [3.8, 4) is 22.1 Å². The van der Waals surface area contributed by atoms with Gasteiger partial charge < -0.3 is 14.6 Å². The molecule has 7 heteroatoms. The summed E-state index contributed by atoms with van der Waals surface area (Å²) in [6.45, 7) is 4.90. The quantitative estimate of drug-likeness (QED) is 0.671. The predicted octanol–water partition coefficient (Wildman–Crippen LogP) is 3.56. The van der Waals surface area contributed by atoms with Gasteiger partial charge >= 0.3 is 5.97 Å². The van der Waals surface area contributed by atoms with Gasteiger partial charge in [-0.05, 0) is 31.5 Å². The number of thiazole rings is 1. The Labute approximate surface area is 151 Å². The molecule has 0 fully saturated rings. The van der Waals surface area contributed by atoms with Crippen LogP contribution in [-0.4, -0.2) is 35.8 Å². The molecule has 0 amide bonds. The summed E-state index contributed by atoms with van der Waals surface area (Å²) in [5, 5.41) is 15.0. The number of hydrogen-bond donors (Lipinski definition) is 2. The first kappa shape index (κ1) is 19.2. The number of benzene rings is 1. The summed E-state index contributed by atoms with van der Waals surface area (Å²) < 4.78 is 10.9. The van der Waals surface area contributed by atoms with E-state index in [1.807, 2.05) is 37.4 Å². The van der Waals surface area contributed by atoms with Crippen LogP contribution < -0.4 is 14.8 Å². The highest BCUT2D eigenvalue weighted by atomic mass is 32.1. The first-order valence-electron chi connectivity index (χ1n) is 8.30. The van der Waals surface area contributed by atoms with Crippen LogP contribution in [0.2, 0.25) is 0 Å². The summed E-state index contributed by atoms with van der Waals surface area (Å²) in [5.41, 5.74) is 1.77. The third-order valence-electron chi connectivity index (χ3n) is 3.67. The van der Waals surface area contributed by atoms with E-state index < -0.39 is 12.0 Å². The number of nitrogens with zero attached hydrogens (tertiary/aromatic N) is 1. The third kappa shape index (κ3) is 5.17. The Morgan fingerprint density at radius 1 is 1.36 bits per heavy atom. The lowest BCUT2D eigenvalue weighted by molar-refractivity contribution is -0.139. The van der Waals surface area contributed by atoms with Crippen molar-refractivity contribution in [2.75, 3.05) is 13.7 Å². The maximum Gasteiger partial charge on any atom is 0.320 e. The molecule has 25 heavy (non-hydrogen) atoms. The fraction of sp³-hybridized carbons (Fsp3) is 0.444. The molecule has 1 aromatic carbocycles. The van der Waals surface area contributed by atoms with Crippen molar-refractivity contribution in [1.82, 2.24) is 10.3 Å². The Balaban J connectivity index is 2.09. The van der Waals surface area contributed by atoms with Crippen LogP contribution in [0, 0.1) is 0 Å². The number of aliphatic carboxylic acids is 1. The van der Waals surface area contributed by atoms with Gasteiger partial charge in [0, 0.05) is 17.5 Å². The van der Waals surface area contributed by atoms with Crippen LogP contribution in [-0.2, 0) is 11.3 Å². The lowest BCUT2D eigenvalue weighted by Crippen LogP contribution is -2.36. The number of carbonyl (C=O) groups is 1. The molecule has 1 unspecified atom stereocenters. The fourth-order valence-electron chi connectivity index (χ4n) is 2.43. The van der Waals surface area contributed by atoms with Gasteiger partial charge in [-0.15, -0.1) is 11.3 Å². The van der Waals surface area contributed by atoms with Gasteiger partial charge in [0.15, 0.2) is 11.5 Å². The molecule has 0 radical (unpaired) electrons. The number of methoxy groups -OCH3 is 1. The maximum atomic E-state index is 11.2. The SMILES string of the molecule is CCCC(NCc1csc(-c2ccc(OCC)c(OC)c2)n1)C(=O)O. The van der Waals surface area contributed by atoms with Crippen molar-refractivity contribution in [3.05, 3.63) is 29.3 Å². The van der Waals surface area contributed by atoms with E-state index in [-0.39, 0.29) is 0 Å². The normalized spacial score (nSPS) is 12.0. The molecule has 0 bridgehead atoms. The number of carboxylic acid groups (broad SMARTS) is 1. The first-order chi connectivity index (χ1) is 12.1. The van der Waals surface area contributed by atoms with Crippen molar-refractivity contribution in [2.45, 2.75) is 39.3 Å². The molecule has 0 aliphatic rings. The van der Waals surface area contributed by atoms with E-state index in [1.54, 1.807) is 7.11 Å². The van der Waals surface area contributed by atoms with Crippen LogP contribution >= 0.6 is 11.3 Å². The van der Waals surface area contributed by atoms with Gasteiger partial charge in [0.1, 0.15) is 11.0 Å². The highest BCUT2D eigenvalue weighted by molar-refractivity contribution is 7.13. The first-order valence-corrected chi connectivity index (χ1v) is 9.18. The topological polar surface area (TPSA) is 80.7 Å². The standard InChI is InChI=1S/C18H24N2O4S/c1-4-6-14(18(21)22)19-10-13-11-25-17(20-13)12-7-8-15(24-5-2)16(9-12)23-3/h7-9,11,14,19H,4-6,10H2,1-3H3,(H,21,22). The van der Waals surface area contributed by atoms with Crippen molar-refractivity contribution in [2.24, 2.45) is 0 Å². The van der Waals surface area contributed by atoms with E-state index in [2.05, 4.69) is 10.3 Å². The minimum absolute atomic E-state index is 0.432. The Hall–Kier alpha value is -2.12. The molecule has 0 saturated carbocycles. The molecule has 0 aliphatic heterocycles. The van der Waals surface area contributed by atoms with Crippen molar-refractivity contribution in [1.29, 1.82) is 0 Å². The molecule has 6 nitrogen and oxygen atoms in total. The second-order valence-corrected chi connectivity index (χ2v) is 6.36. The lowest BCUT2D eigenvalue weighted by atomic mass is 10.1. The number of aromatic nitrogens is 1. The maximum absolute atomic E-state index is 11.2. The second kappa shape index (κ2) is 9.39. The highest BCUT2D eigenvalue weighted by Crippen LogP contribution is 2.33. The summed E-state index contributed by atoms with van der Waals surface area (Å²) in [6, 6.07) is 5.18. The minimum Gasteiger partial charge on any atom is -0.493 e. The molecule has 1 atom stereocenters. The number of nitrogens with one attached hydrogen (secondary N) is 1. The van der Waals surface area contributed by atoms with E-state index in [0.29, 0.717) is 31.1 Å². The smallest absolute Gasteiger partial charge is 0.320 e. The van der Waals surface area contributed by atoms with Crippen molar-refractivity contribution >= 4 is 17.3 Å². The summed E-state index contributed by atoms with van der Waals surface area (Å²) >= 11 is 1.52. The zero-order chi connectivity index (χ0) is 18.2. The Kier molecular flexibility index (Phi) is 7.21. The summed E-state index contributed by atoms with van der Waals surface area (Å²) in [7, 11) is 1.61. The summed E-state index contributed by atoms with van der Waals surface area (Å²) in [5.74, 6) is 0.549. The Morgan fingerprint density at radius 3 is 2.80 bits per heavy atom. The molecule has 136 valence electrons. The largest absolute Gasteiger partial charge is 0.493 e. The van der Waals surface area contributed by atoms with Crippen LogP contribution in [0.1, 0.15) is 32.4 Å². The zero-order valence-electron chi connectivity index (χ0n) is 14.7. The van der Waals surface area contributed by atoms with Crippen molar-refractivity contribution in [3.63, 3.8) is 0 Å². The van der Waals surface area contributed by atoms with E-state index in [4.69, 9.17) is 9.47 Å². The molecule has 1 heterocycles. The van der Waals surface area contributed by atoms with Gasteiger partial charge in [0.2, 0.25) is 0 Å². The molecule has 2 aromatic rings. The molecule has 0 aliphatic carbocycles. The highest BCUT2D eigenvalue weighted by Gasteiger charge is 2.16. The van der Waals surface area contributed by atoms with Crippen LogP contribution in [0.25, 0.3) is 10.6 Å². The van der Waals surface area contributed by atoms with Crippen LogP contribution in [0.3, 0.4) is 0 Å². The molecule has 2 rings (SSSR count). The predicted molar refractivity (Wildman–Crippen MR) is 98.4 cm³/mol. The molecule has 0 saturated heterocycles. The number of hydrogen-bond acceptors (Lipinski definition) is 6. The van der Waals surface area contributed by atoms with Gasteiger partial charge in [0.05, 0.1) is 19.4 Å². The van der Waals surface area contributed by atoms with Gasteiger partial charge in [0.25, 0.3) is 0 Å². The van der Waals surface area contributed by atoms with Crippen LogP contribution in [0.15, 0.2) is 23.6 Å². The minimum atomic E-state index is -0.825. The van der Waals surface area contributed by atoms with Gasteiger partial charge in [-0.1, -0.05) is 13.3 Å². The van der Waals surface area contributed by atoms with Crippen LogP contribution in [0.4, 0.5) is 0 Å². The monoisotopic (exact) mass is 364 g/mol. The molecule has 1 aromatic heterocycles. The zero-order valence-corrected chi connectivity index (χ0v) is 15.6. The molecule has 2 N–H and O–H groups in total. The van der Waals surface area contributed by atoms with E-state index in [1.165, 1.54) is 11.3 Å². The second-order valence-electron chi connectivity index (χ2n) is 5.50. The average Bonchev–Trinajstić information content (AvgIpc) is 3.08. The molecular formula is C18H24N2O4S. The third-order valence-corrected chi connectivity index (χ3v) is 4.61. The summed E-state index contributed by atoms with van der Waals surface area (Å²) in [4.78, 5) is 15.8. The van der Waals surface area contributed by atoms with Gasteiger partial charge in [-0.25, -0.2) is 4.98 Å². The number of ether oxygens (including phenoxy) is 2. The Morgan fingerprint density at radius 2 is 2.16 bits per heavy atom. The van der Waals surface area contributed by atoms with Crippen LogP contribution in [0.5, 0.6) is 11.5 Å². The van der Waals surface area contributed by atoms with Gasteiger partial charge in [-0.3, -0.25) is 10.1 Å². The molecular weight excluding hydrogens is 340 g/mol. The van der Waals surface area contributed by atoms with E-state index in [0.717, 1.165) is 22.7 Å². The lowest BCUT2D eigenvalue weighted by Gasteiger charge is -2.12. The van der Waals surface area contributed by atoms with E-state index in [9.17, 15) is 9.90 Å². The number of carboxylic acids is 1. The van der Waals surface area contributed by atoms with E-state index >= 15 is 0 Å². The van der Waals surface area contributed by atoms with Crippen molar-refractivity contribution < 1.29 is 19.4 Å². The fourth-order valence-corrected chi connectivity index (χ4v) is 3.24. The van der Waals surface area contributed by atoms with Gasteiger partial charge in [-0.2, -0.15) is 0 Å². The summed E-state index contributed by atoms with van der Waals surface area (Å²) in [6.07, 6.45) is 1.42. The average molecular weight is 364 g/mol. The molecule has 0 spiro atoms. The Bertz CT molecular complexity index is 702.